The Morgan fingerprint density at radius 1 is 1.44 bits per heavy atom. The van der Waals surface area contributed by atoms with Crippen LogP contribution in [0.1, 0.15) is 19.3 Å². The lowest BCUT2D eigenvalue weighted by Crippen LogP contribution is -2.23. The summed E-state index contributed by atoms with van der Waals surface area (Å²) in [5, 5.41) is 13.2. The van der Waals surface area contributed by atoms with Crippen LogP contribution in [0.2, 0.25) is 5.02 Å². The minimum absolute atomic E-state index is 0.145. The molecule has 0 amide bonds. The molecule has 4 heteroatoms. The number of hydrogen-bond acceptors (Lipinski definition) is 2. The Morgan fingerprint density at radius 3 is 2.94 bits per heavy atom. The van der Waals surface area contributed by atoms with E-state index in [1.807, 2.05) is 18.2 Å². The van der Waals surface area contributed by atoms with E-state index >= 15 is 0 Å². The maximum absolute atomic E-state index is 9.01. The van der Waals surface area contributed by atoms with Crippen LogP contribution in [0.4, 0.5) is 5.69 Å². The molecule has 0 bridgehead atoms. The molecule has 1 aliphatic rings. The largest absolute Gasteiger partial charge is 0.380 e. The van der Waals surface area contributed by atoms with Crippen molar-refractivity contribution >= 4 is 39.9 Å². The van der Waals surface area contributed by atoms with Gasteiger partial charge in [0.05, 0.1) is 12.0 Å². The van der Waals surface area contributed by atoms with Crippen LogP contribution in [-0.2, 0) is 0 Å². The van der Waals surface area contributed by atoms with E-state index in [9.17, 15) is 0 Å². The number of nitrogens with zero attached hydrogens (tertiary/aromatic N) is 1. The van der Waals surface area contributed by atoms with Crippen molar-refractivity contribution in [2.75, 3.05) is 5.32 Å². The molecular weight excluding hydrogens is 335 g/mol. The van der Waals surface area contributed by atoms with E-state index in [2.05, 4.69) is 34.0 Å². The molecule has 0 heterocycles. The van der Waals surface area contributed by atoms with Gasteiger partial charge in [-0.1, -0.05) is 11.6 Å². The van der Waals surface area contributed by atoms with Gasteiger partial charge in [-0.05, 0) is 60.1 Å². The summed E-state index contributed by atoms with van der Waals surface area (Å²) in [6, 6.07) is 8.46. The van der Waals surface area contributed by atoms with Gasteiger partial charge in [0.2, 0.25) is 0 Å². The normalized spacial score (nSPS) is 24.1. The molecule has 16 heavy (non-hydrogen) atoms. The van der Waals surface area contributed by atoms with E-state index in [4.69, 9.17) is 16.9 Å². The third-order valence-corrected chi connectivity index (χ3v) is 4.08. The minimum Gasteiger partial charge on any atom is -0.380 e. The Kier molecular flexibility index (Phi) is 3.93. The Labute approximate surface area is 114 Å². The lowest BCUT2D eigenvalue weighted by atomic mass is 10.1. The summed E-state index contributed by atoms with van der Waals surface area (Å²) in [6.07, 6.45) is 3.23. The maximum atomic E-state index is 9.01. The summed E-state index contributed by atoms with van der Waals surface area (Å²) in [6.45, 7) is 0. The van der Waals surface area contributed by atoms with Gasteiger partial charge in [0.15, 0.2) is 0 Å². The zero-order chi connectivity index (χ0) is 11.5. The van der Waals surface area contributed by atoms with Gasteiger partial charge in [0.1, 0.15) is 0 Å². The van der Waals surface area contributed by atoms with Crippen LogP contribution in [0, 0.1) is 20.8 Å². The van der Waals surface area contributed by atoms with Crippen molar-refractivity contribution in [3.63, 3.8) is 0 Å². The number of halogens is 2. The van der Waals surface area contributed by atoms with Crippen LogP contribution in [0.5, 0.6) is 0 Å². The molecule has 0 spiro atoms. The van der Waals surface area contributed by atoms with Crippen molar-refractivity contribution in [1.82, 2.24) is 0 Å². The Hall–Kier alpha value is -0.470. The fourth-order valence-electron chi connectivity index (χ4n) is 2.09. The number of anilines is 1. The lowest BCUT2D eigenvalue weighted by Gasteiger charge is -2.18. The van der Waals surface area contributed by atoms with Crippen molar-refractivity contribution in [1.29, 1.82) is 5.26 Å². The Balaban J connectivity index is 2.12. The van der Waals surface area contributed by atoms with Crippen molar-refractivity contribution in [2.24, 2.45) is 5.92 Å². The summed E-state index contributed by atoms with van der Waals surface area (Å²) >= 11 is 8.17. The van der Waals surface area contributed by atoms with Gasteiger partial charge < -0.3 is 5.32 Å². The fourth-order valence-corrected chi connectivity index (χ4v) is 3.12. The van der Waals surface area contributed by atoms with Gasteiger partial charge in [-0.2, -0.15) is 5.26 Å². The van der Waals surface area contributed by atoms with Crippen LogP contribution in [0.3, 0.4) is 0 Å². The van der Waals surface area contributed by atoms with Crippen LogP contribution in [0.15, 0.2) is 18.2 Å². The smallest absolute Gasteiger partial charge is 0.0677 e. The van der Waals surface area contributed by atoms with Crippen LogP contribution in [-0.4, -0.2) is 6.04 Å². The quantitative estimate of drug-likeness (QED) is 0.820. The van der Waals surface area contributed by atoms with Crippen LogP contribution >= 0.6 is 34.2 Å². The van der Waals surface area contributed by atoms with E-state index in [0.29, 0.717) is 6.04 Å². The maximum Gasteiger partial charge on any atom is 0.0677 e. The van der Waals surface area contributed by atoms with E-state index < -0.39 is 0 Å². The van der Waals surface area contributed by atoms with Gasteiger partial charge in [-0.3, -0.25) is 0 Å². The molecule has 84 valence electrons. The van der Waals surface area contributed by atoms with Crippen molar-refractivity contribution in [3.8, 4) is 6.07 Å². The number of nitrogens with one attached hydrogen (secondary N) is 1. The van der Waals surface area contributed by atoms with Gasteiger partial charge in [-0.15, -0.1) is 0 Å². The molecule has 0 saturated heterocycles. The highest BCUT2D eigenvalue weighted by atomic mass is 127. The Bertz CT molecular complexity index is 428. The highest BCUT2D eigenvalue weighted by Gasteiger charge is 2.27. The SMILES string of the molecule is N#CC1CCCC1Nc1ccc(Cl)cc1I. The fraction of sp³-hybridized carbons (Fsp3) is 0.417. The third kappa shape index (κ3) is 2.61. The average molecular weight is 347 g/mol. The number of hydrogen-bond donors (Lipinski definition) is 1. The predicted molar refractivity (Wildman–Crippen MR) is 74.5 cm³/mol. The predicted octanol–water partition coefficient (Wildman–Crippen LogP) is 4.05. The van der Waals surface area contributed by atoms with E-state index in [0.717, 1.165) is 33.5 Å². The number of nitriles is 1. The standard InChI is InChI=1S/C12H12ClIN2/c13-9-4-5-12(10(14)6-9)16-11-3-1-2-8(11)7-15/h4-6,8,11,16H,1-3H2. The summed E-state index contributed by atoms with van der Waals surface area (Å²) in [7, 11) is 0. The summed E-state index contributed by atoms with van der Waals surface area (Å²) in [4.78, 5) is 0. The topological polar surface area (TPSA) is 35.8 Å². The van der Waals surface area contributed by atoms with E-state index in [1.54, 1.807) is 0 Å². The summed E-state index contributed by atoms with van der Waals surface area (Å²) in [5.41, 5.74) is 1.08. The van der Waals surface area contributed by atoms with E-state index in [-0.39, 0.29) is 5.92 Å². The van der Waals surface area contributed by atoms with Crippen molar-refractivity contribution in [2.45, 2.75) is 25.3 Å². The minimum atomic E-state index is 0.145. The average Bonchev–Trinajstić information content (AvgIpc) is 2.69. The molecule has 1 fully saturated rings. The number of benzene rings is 1. The first-order valence-corrected chi connectivity index (χ1v) is 6.77. The summed E-state index contributed by atoms with van der Waals surface area (Å²) in [5.74, 6) is 0.145. The molecular formula is C12H12ClIN2. The molecule has 1 aromatic rings. The second-order valence-corrected chi connectivity index (χ2v) is 5.64. The van der Waals surface area contributed by atoms with Gasteiger partial charge >= 0.3 is 0 Å². The molecule has 1 aromatic carbocycles. The lowest BCUT2D eigenvalue weighted by molar-refractivity contribution is 0.629. The summed E-state index contributed by atoms with van der Waals surface area (Å²) < 4.78 is 1.11. The van der Waals surface area contributed by atoms with Gasteiger partial charge in [0.25, 0.3) is 0 Å². The molecule has 2 nitrogen and oxygen atoms in total. The first kappa shape index (κ1) is 12.0. The first-order chi connectivity index (χ1) is 7.70. The molecule has 2 atom stereocenters. The molecule has 2 unspecified atom stereocenters. The molecule has 1 N–H and O–H groups in total. The van der Waals surface area contributed by atoms with E-state index in [1.165, 1.54) is 0 Å². The Morgan fingerprint density at radius 2 is 2.25 bits per heavy atom. The van der Waals surface area contributed by atoms with Crippen molar-refractivity contribution in [3.05, 3.63) is 26.8 Å². The second-order valence-electron chi connectivity index (χ2n) is 4.04. The van der Waals surface area contributed by atoms with Gasteiger partial charge in [0, 0.05) is 20.3 Å². The monoisotopic (exact) mass is 346 g/mol. The molecule has 0 aliphatic heterocycles. The second kappa shape index (κ2) is 5.24. The first-order valence-electron chi connectivity index (χ1n) is 5.32. The zero-order valence-corrected chi connectivity index (χ0v) is 11.6. The van der Waals surface area contributed by atoms with Gasteiger partial charge in [-0.25, -0.2) is 0 Å². The van der Waals surface area contributed by atoms with Crippen LogP contribution in [0.25, 0.3) is 0 Å². The number of rotatable bonds is 2. The third-order valence-electron chi connectivity index (χ3n) is 2.95. The zero-order valence-electron chi connectivity index (χ0n) is 8.71. The molecule has 0 radical (unpaired) electrons. The molecule has 1 aliphatic carbocycles. The highest BCUT2D eigenvalue weighted by molar-refractivity contribution is 14.1. The van der Waals surface area contributed by atoms with Crippen LogP contribution < -0.4 is 5.32 Å². The molecule has 1 saturated carbocycles. The molecule has 0 aromatic heterocycles. The van der Waals surface area contributed by atoms with Crippen molar-refractivity contribution < 1.29 is 0 Å². The highest BCUT2D eigenvalue weighted by Crippen LogP contribution is 2.30. The molecule has 2 rings (SSSR count).